The Labute approximate surface area is 111 Å². The van der Waals surface area contributed by atoms with E-state index in [2.05, 4.69) is 5.32 Å². The maximum absolute atomic E-state index is 11.7. The average molecular weight is 270 g/mol. The number of carbonyl (C=O) groups is 2. The van der Waals surface area contributed by atoms with Crippen molar-refractivity contribution in [1.29, 1.82) is 0 Å². The molecule has 0 radical (unpaired) electrons. The van der Waals surface area contributed by atoms with Crippen LogP contribution in [0.15, 0.2) is 24.3 Å². The molecule has 4 nitrogen and oxygen atoms in total. The third-order valence-corrected chi connectivity index (χ3v) is 2.97. The predicted octanol–water partition coefficient (Wildman–Crippen LogP) is 2.57. The number of carboxylic acids is 1. The van der Waals surface area contributed by atoms with Gasteiger partial charge in [0.15, 0.2) is 0 Å². The van der Waals surface area contributed by atoms with E-state index in [4.69, 9.17) is 16.7 Å². The second kappa shape index (κ2) is 5.87. The lowest BCUT2D eigenvalue weighted by molar-refractivity contribution is -0.147. The summed E-state index contributed by atoms with van der Waals surface area (Å²) >= 11 is 5.72. The third-order valence-electron chi connectivity index (χ3n) is 2.72. The van der Waals surface area contributed by atoms with E-state index < -0.39 is 11.4 Å². The first-order valence-electron chi connectivity index (χ1n) is 5.60. The predicted molar refractivity (Wildman–Crippen MR) is 69.8 cm³/mol. The van der Waals surface area contributed by atoms with Crippen LogP contribution in [0, 0.1) is 5.41 Å². The molecule has 0 aliphatic rings. The highest BCUT2D eigenvalue weighted by atomic mass is 35.5. The molecule has 0 aliphatic heterocycles. The van der Waals surface area contributed by atoms with Gasteiger partial charge in [0.25, 0.3) is 5.91 Å². The van der Waals surface area contributed by atoms with Gasteiger partial charge in [-0.25, -0.2) is 0 Å². The molecule has 0 aromatic heterocycles. The Hall–Kier alpha value is -1.55. The zero-order chi connectivity index (χ0) is 13.8. The molecule has 0 aliphatic carbocycles. The van der Waals surface area contributed by atoms with Gasteiger partial charge in [-0.15, -0.1) is 0 Å². The van der Waals surface area contributed by atoms with Crippen LogP contribution in [0.2, 0.25) is 5.02 Å². The van der Waals surface area contributed by atoms with E-state index >= 15 is 0 Å². The van der Waals surface area contributed by atoms with Gasteiger partial charge < -0.3 is 10.4 Å². The Morgan fingerprint density at radius 2 is 1.83 bits per heavy atom. The highest BCUT2D eigenvalue weighted by molar-refractivity contribution is 6.30. The Morgan fingerprint density at radius 1 is 1.28 bits per heavy atom. The minimum Gasteiger partial charge on any atom is -0.481 e. The average Bonchev–Trinajstić information content (AvgIpc) is 2.29. The zero-order valence-corrected chi connectivity index (χ0v) is 11.1. The monoisotopic (exact) mass is 269 g/mol. The van der Waals surface area contributed by atoms with Crippen LogP contribution in [0.5, 0.6) is 0 Å². The molecule has 0 fully saturated rings. The minimum atomic E-state index is -0.872. The summed E-state index contributed by atoms with van der Waals surface area (Å²) in [6, 6.07) is 6.52. The van der Waals surface area contributed by atoms with E-state index in [9.17, 15) is 9.59 Å². The molecule has 2 N–H and O–H groups in total. The van der Waals surface area contributed by atoms with Crippen molar-refractivity contribution in [3.05, 3.63) is 34.9 Å². The van der Waals surface area contributed by atoms with Crippen molar-refractivity contribution in [2.45, 2.75) is 20.3 Å². The number of benzene rings is 1. The number of carboxylic acid groups (broad SMARTS) is 1. The van der Waals surface area contributed by atoms with Crippen LogP contribution in [0.1, 0.15) is 30.6 Å². The standard InChI is InChI=1S/C13H16ClNO3/c1-13(2,12(17)18)7-8-15-11(16)9-3-5-10(14)6-4-9/h3-6H,7-8H2,1-2H3,(H,15,16)(H,17,18). The number of hydrogen-bond acceptors (Lipinski definition) is 2. The normalized spacial score (nSPS) is 11.1. The first-order chi connectivity index (χ1) is 8.33. The van der Waals surface area contributed by atoms with Gasteiger partial charge in [-0.3, -0.25) is 9.59 Å². The Balaban J connectivity index is 2.47. The quantitative estimate of drug-likeness (QED) is 0.863. The summed E-state index contributed by atoms with van der Waals surface area (Å²) in [6.45, 7) is 3.58. The van der Waals surface area contributed by atoms with Crippen molar-refractivity contribution in [2.24, 2.45) is 5.41 Å². The second-order valence-electron chi connectivity index (χ2n) is 4.70. The highest BCUT2D eigenvalue weighted by Gasteiger charge is 2.26. The van der Waals surface area contributed by atoms with E-state index in [1.165, 1.54) is 0 Å². The van der Waals surface area contributed by atoms with E-state index in [1.807, 2.05) is 0 Å². The van der Waals surface area contributed by atoms with E-state index in [0.717, 1.165) is 0 Å². The fraction of sp³-hybridized carbons (Fsp3) is 0.385. The molecule has 98 valence electrons. The first kappa shape index (κ1) is 14.5. The molecule has 0 bridgehead atoms. The van der Waals surface area contributed by atoms with E-state index in [0.29, 0.717) is 23.6 Å². The summed E-state index contributed by atoms with van der Waals surface area (Å²) < 4.78 is 0. The van der Waals surface area contributed by atoms with Crippen LogP contribution in [0.4, 0.5) is 0 Å². The third kappa shape index (κ3) is 4.04. The fourth-order valence-corrected chi connectivity index (χ4v) is 1.42. The lowest BCUT2D eigenvalue weighted by Gasteiger charge is -2.18. The molecule has 18 heavy (non-hydrogen) atoms. The van der Waals surface area contributed by atoms with E-state index in [-0.39, 0.29) is 5.91 Å². The number of rotatable bonds is 5. The van der Waals surface area contributed by atoms with Crippen molar-refractivity contribution < 1.29 is 14.7 Å². The van der Waals surface area contributed by atoms with Crippen LogP contribution in [-0.4, -0.2) is 23.5 Å². The largest absolute Gasteiger partial charge is 0.481 e. The highest BCUT2D eigenvalue weighted by Crippen LogP contribution is 2.19. The van der Waals surface area contributed by atoms with Crippen LogP contribution in [-0.2, 0) is 4.79 Å². The molecule has 0 saturated heterocycles. The van der Waals surface area contributed by atoms with Gasteiger partial charge in [-0.2, -0.15) is 0 Å². The van der Waals surface area contributed by atoms with E-state index in [1.54, 1.807) is 38.1 Å². The van der Waals surface area contributed by atoms with Gasteiger partial charge >= 0.3 is 5.97 Å². The molecule has 0 saturated carbocycles. The molecule has 0 spiro atoms. The van der Waals surface area contributed by atoms with Crippen LogP contribution in [0.25, 0.3) is 0 Å². The number of carbonyl (C=O) groups excluding carboxylic acids is 1. The minimum absolute atomic E-state index is 0.229. The second-order valence-corrected chi connectivity index (χ2v) is 5.14. The van der Waals surface area contributed by atoms with Gasteiger partial charge in [0.2, 0.25) is 0 Å². The number of hydrogen-bond donors (Lipinski definition) is 2. The molecule has 1 rings (SSSR count). The summed E-state index contributed by atoms with van der Waals surface area (Å²) in [5.41, 5.74) is -0.333. The number of nitrogens with one attached hydrogen (secondary N) is 1. The summed E-state index contributed by atoms with van der Waals surface area (Å²) in [4.78, 5) is 22.6. The number of halogens is 1. The number of amides is 1. The molecular formula is C13H16ClNO3. The lowest BCUT2D eigenvalue weighted by atomic mass is 9.90. The zero-order valence-electron chi connectivity index (χ0n) is 10.4. The summed E-state index contributed by atoms with van der Waals surface area (Å²) in [5.74, 6) is -1.10. The summed E-state index contributed by atoms with van der Waals surface area (Å²) in [6.07, 6.45) is 0.377. The fourth-order valence-electron chi connectivity index (χ4n) is 1.30. The molecular weight excluding hydrogens is 254 g/mol. The SMILES string of the molecule is CC(C)(CCNC(=O)c1ccc(Cl)cc1)C(=O)O. The van der Waals surface area contributed by atoms with Crippen LogP contribution in [0.3, 0.4) is 0 Å². The van der Waals surface area contributed by atoms with Gasteiger partial charge in [0.05, 0.1) is 5.41 Å². The maximum atomic E-state index is 11.7. The molecule has 5 heteroatoms. The van der Waals surface area contributed by atoms with Crippen molar-refractivity contribution >= 4 is 23.5 Å². The smallest absolute Gasteiger partial charge is 0.309 e. The van der Waals surface area contributed by atoms with Crippen LogP contribution < -0.4 is 5.32 Å². The van der Waals surface area contributed by atoms with Gasteiger partial charge in [0, 0.05) is 17.1 Å². The maximum Gasteiger partial charge on any atom is 0.309 e. The molecule has 0 atom stereocenters. The van der Waals surface area contributed by atoms with Crippen molar-refractivity contribution in [2.75, 3.05) is 6.54 Å². The van der Waals surface area contributed by atoms with Crippen molar-refractivity contribution in [1.82, 2.24) is 5.32 Å². The van der Waals surface area contributed by atoms with Gasteiger partial charge in [-0.1, -0.05) is 11.6 Å². The van der Waals surface area contributed by atoms with Gasteiger partial charge in [-0.05, 0) is 44.5 Å². The molecule has 0 unspecified atom stereocenters. The van der Waals surface area contributed by atoms with Gasteiger partial charge in [0.1, 0.15) is 0 Å². The Morgan fingerprint density at radius 3 is 2.33 bits per heavy atom. The topological polar surface area (TPSA) is 66.4 Å². The summed E-state index contributed by atoms with van der Waals surface area (Å²) in [7, 11) is 0. The van der Waals surface area contributed by atoms with Crippen LogP contribution >= 0.6 is 11.6 Å². The molecule has 0 heterocycles. The Kier molecular flexibility index (Phi) is 4.73. The first-order valence-corrected chi connectivity index (χ1v) is 5.98. The Bertz CT molecular complexity index is 440. The molecule has 1 aromatic carbocycles. The lowest BCUT2D eigenvalue weighted by Crippen LogP contribution is -2.31. The van der Waals surface area contributed by atoms with Crippen molar-refractivity contribution in [3.8, 4) is 0 Å². The molecule has 1 amide bonds. The molecule has 1 aromatic rings. The van der Waals surface area contributed by atoms with Crippen molar-refractivity contribution in [3.63, 3.8) is 0 Å². The number of aliphatic carboxylic acids is 1. The summed E-state index contributed by atoms with van der Waals surface area (Å²) in [5, 5.41) is 12.2.